The Morgan fingerprint density at radius 2 is 1.89 bits per heavy atom. The number of halogens is 2. The maximum absolute atomic E-state index is 6.25. The molecule has 0 aliphatic heterocycles. The van der Waals surface area contributed by atoms with Gasteiger partial charge in [-0.2, -0.15) is 0 Å². The van der Waals surface area contributed by atoms with Crippen LogP contribution in [0.15, 0.2) is 42.7 Å². The molecule has 1 unspecified atom stereocenters. The van der Waals surface area contributed by atoms with Crippen molar-refractivity contribution in [3.05, 3.63) is 63.9 Å². The number of benzene rings is 1. The van der Waals surface area contributed by atoms with Crippen LogP contribution in [0.3, 0.4) is 0 Å². The summed E-state index contributed by atoms with van der Waals surface area (Å²) in [6.45, 7) is 2.99. The van der Waals surface area contributed by atoms with E-state index in [1.165, 1.54) is 5.56 Å². The quantitative estimate of drug-likeness (QED) is 0.890. The first-order valence-electron chi connectivity index (χ1n) is 6.28. The van der Waals surface area contributed by atoms with Crippen molar-refractivity contribution in [2.75, 3.05) is 6.54 Å². The van der Waals surface area contributed by atoms with E-state index in [0.29, 0.717) is 10.0 Å². The summed E-state index contributed by atoms with van der Waals surface area (Å²) >= 11 is 12.3. The van der Waals surface area contributed by atoms with Gasteiger partial charge in [-0.15, -0.1) is 0 Å². The van der Waals surface area contributed by atoms with Gasteiger partial charge in [0.05, 0.1) is 10.0 Å². The monoisotopic (exact) mass is 294 g/mol. The average molecular weight is 295 g/mol. The molecule has 0 saturated carbocycles. The topological polar surface area (TPSA) is 24.9 Å². The molecule has 0 bridgehead atoms. The fourth-order valence-corrected chi connectivity index (χ4v) is 2.47. The third kappa shape index (κ3) is 3.69. The first-order chi connectivity index (χ1) is 9.22. The number of nitrogens with one attached hydrogen (secondary N) is 1. The third-order valence-electron chi connectivity index (χ3n) is 3.01. The van der Waals surface area contributed by atoms with Gasteiger partial charge in [0, 0.05) is 18.4 Å². The highest BCUT2D eigenvalue weighted by Gasteiger charge is 2.13. The van der Waals surface area contributed by atoms with Crippen LogP contribution >= 0.6 is 23.2 Å². The van der Waals surface area contributed by atoms with E-state index < -0.39 is 0 Å². The highest BCUT2D eigenvalue weighted by Crippen LogP contribution is 2.29. The van der Waals surface area contributed by atoms with Crippen molar-refractivity contribution < 1.29 is 0 Å². The number of rotatable bonds is 5. The number of aromatic nitrogens is 1. The van der Waals surface area contributed by atoms with E-state index in [1.54, 1.807) is 12.4 Å². The molecule has 2 nitrogen and oxygen atoms in total. The molecule has 2 rings (SSSR count). The molecule has 0 fully saturated rings. The van der Waals surface area contributed by atoms with Crippen molar-refractivity contribution in [3.63, 3.8) is 0 Å². The molecule has 100 valence electrons. The summed E-state index contributed by atoms with van der Waals surface area (Å²) in [5, 5.41) is 4.71. The summed E-state index contributed by atoms with van der Waals surface area (Å²) in [7, 11) is 0. The zero-order valence-corrected chi connectivity index (χ0v) is 12.2. The second kappa shape index (κ2) is 6.90. The van der Waals surface area contributed by atoms with Crippen LogP contribution in [-0.4, -0.2) is 11.5 Å². The van der Waals surface area contributed by atoms with Gasteiger partial charge in [0.1, 0.15) is 0 Å². The molecule has 0 saturated heterocycles. The Morgan fingerprint density at radius 1 is 1.16 bits per heavy atom. The summed E-state index contributed by atoms with van der Waals surface area (Å²) in [5.41, 5.74) is 2.25. The smallest absolute Gasteiger partial charge is 0.0624 e. The second-order valence-electron chi connectivity index (χ2n) is 4.31. The van der Waals surface area contributed by atoms with Crippen molar-refractivity contribution >= 4 is 23.2 Å². The van der Waals surface area contributed by atoms with Gasteiger partial charge < -0.3 is 5.32 Å². The zero-order valence-electron chi connectivity index (χ0n) is 10.7. The number of nitrogens with zero attached hydrogens (tertiary/aromatic N) is 1. The lowest BCUT2D eigenvalue weighted by Crippen LogP contribution is -2.23. The molecule has 2 aromatic rings. The Morgan fingerprint density at radius 3 is 2.58 bits per heavy atom. The van der Waals surface area contributed by atoms with E-state index in [1.807, 2.05) is 30.3 Å². The second-order valence-corrected chi connectivity index (χ2v) is 5.09. The van der Waals surface area contributed by atoms with Crippen molar-refractivity contribution in [2.45, 2.75) is 19.4 Å². The zero-order chi connectivity index (χ0) is 13.7. The molecule has 0 amide bonds. The van der Waals surface area contributed by atoms with Gasteiger partial charge in [-0.3, -0.25) is 4.98 Å². The lowest BCUT2D eigenvalue weighted by Gasteiger charge is -2.19. The van der Waals surface area contributed by atoms with E-state index >= 15 is 0 Å². The third-order valence-corrected chi connectivity index (χ3v) is 3.87. The predicted octanol–water partition coefficient (Wildman–Crippen LogP) is 4.28. The summed E-state index contributed by atoms with van der Waals surface area (Å²) in [5.74, 6) is 0. The average Bonchev–Trinajstić information content (AvgIpc) is 2.44. The van der Waals surface area contributed by atoms with E-state index in [2.05, 4.69) is 17.2 Å². The van der Waals surface area contributed by atoms with Crippen molar-refractivity contribution in [3.8, 4) is 0 Å². The Kier molecular flexibility index (Phi) is 5.20. The van der Waals surface area contributed by atoms with Crippen LogP contribution in [0.5, 0.6) is 0 Å². The summed E-state index contributed by atoms with van der Waals surface area (Å²) in [6, 6.07) is 10.0. The summed E-state index contributed by atoms with van der Waals surface area (Å²) < 4.78 is 0. The van der Waals surface area contributed by atoms with Gasteiger partial charge in [-0.1, -0.05) is 42.3 Å². The fraction of sp³-hybridized carbons (Fsp3) is 0.267. The van der Waals surface area contributed by atoms with Gasteiger partial charge in [0.2, 0.25) is 0 Å². The van der Waals surface area contributed by atoms with Gasteiger partial charge in [-0.05, 0) is 42.3 Å². The molecular weight excluding hydrogens is 279 g/mol. The van der Waals surface area contributed by atoms with Crippen molar-refractivity contribution in [1.29, 1.82) is 0 Å². The molecule has 1 aromatic heterocycles. The Labute approximate surface area is 123 Å². The Bertz CT molecular complexity index is 529. The maximum Gasteiger partial charge on any atom is 0.0624 e. The normalized spacial score (nSPS) is 12.4. The maximum atomic E-state index is 6.25. The summed E-state index contributed by atoms with van der Waals surface area (Å²) in [4.78, 5) is 4.05. The van der Waals surface area contributed by atoms with Crippen LogP contribution in [0.2, 0.25) is 10.0 Å². The molecule has 1 atom stereocenters. The minimum atomic E-state index is 0.212. The van der Waals surface area contributed by atoms with Crippen LogP contribution in [-0.2, 0) is 6.42 Å². The molecule has 0 aliphatic carbocycles. The van der Waals surface area contributed by atoms with E-state index in [4.69, 9.17) is 23.2 Å². The lowest BCUT2D eigenvalue weighted by molar-refractivity contribution is 0.549. The van der Waals surface area contributed by atoms with E-state index in [0.717, 1.165) is 18.5 Å². The highest BCUT2D eigenvalue weighted by molar-refractivity contribution is 6.42. The van der Waals surface area contributed by atoms with Gasteiger partial charge in [0.25, 0.3) is 0 Å². The van der Waals surface area contributed by atoms with Gasteiger partial charge in [-0.25, -0.2) is 0 Å². The number of hydrogen-bond donors (Lipinski definition) is 1. The van der Waals surface area contributed by atoms with Crippen LogP contribution in [0.25, 0.3) is 0 Å². The molecule has 0 radical (unpaired) electrons. The van der Waals surface area contributed by atoms with Crippen molar-refractivity contribution in [2.24, 2.45) is 0 Å². The summed E-state index contributed by atoms with van der Waals surface area (Å²) in [6.07, 6.45) is 4.41. The van der Waals surface area contributed by atoms with Gasteiger partial charge in [0.15, 0.2) is 0 Å². The lowest BCUT2D eigenvalue weighted by atomic mass is 9.99. The highest BCUT2D eigenvalue weighted by atomic mass is 35.5. The molecule has 4 heteroatoms. The molecule has 0 aliphatic rings. The Hall–Kier alpha value is -1.09. The van der Waals surface area contributed by atoms with Crippen LogP contribution in [0, 0.1) is 0 Å². The number of hydrogen-bond acceptors (Lipinski definition) is 2. The fourth-order valence-electron chi connectivity index (χ4n) is 2.08. The van der Waals surface area contributed by atoms with Gasteiger partial charge >= 0.3 is 0 Å². The molecular formula is C15H16Cl2N2. The largest absolute Gasteiger partial charge is 0.310 e. The molecule has 19 heavy (non-hydrogen) atoms. The van der Waals surface area contributed by atoms with E-state index in [9.17, 15) is 0 Å². The first-order valence-corrected chi connectivity index (χ1v) is 7.04. The standard InChI is InChI=1S/C15H16Cl2N2/c1-2-19-14(11-6-8-18-9-7-11)10-12-4-3-5-13(16)15(12)17/h3-9,14,19H,2,10H2,1H3. The minimum absolute atomic E-state index is 0.212. The Balaban J connectivity index is 2.24. The molecule has 1 heterocycles. The van der Waals surface area contributed by atoms with Crippen LogP contribution in [0.1, 0.15) is 24.1 Å². The predicted molar refractivity (Wildman–Crippen MR) is 80.8 cm³/mol. The molecule has 1 N–H and O–H groups in total. The molecule has 0 spiro atoms. The molecule has 1 aromatic carbocycles. The minimum Gasteiger partial charge on any atom is -0.310 e. The van der Waals surface area contributed by atoms with E-state index in [-0.39, 0.29) is 6.04 Å². The van der Waals surface area contributed by atoms with Crippen molar-refractivity contribution in [1.82, 2.24) is 10.3 Å². The SMILES string of the molecule is CCNC(Cc1cccc(Cl)c1Cl)c1ccncc1. The number of pyridine rings is 1. The van der Waals surface area contributed by atoms with Crippen LogP contribution < -0.4 is 5.32 Å². The first kappa shape index (κ1) is 14.3. The van der Waals surface area contributed by atoms with Crippen LogP contribution in [0.4, 0.5) is 0 Å². The number of likely N-dealkylation sites (N-methyl/N-ethyl adjacent to an activating group) is 1.